The number of piperidine rings is 1. The molecule has 0 bridgehead atoms. The standard InChI is InChI=1S/C16H25FN4O/c1-12(11-20(2)3)14-6-4-5-9-21(14)16(22)19-15-8-7-13(17)10-18-15/h7-8,10,12,14H,4-6,9,11H2,1-3H3,(H,18,19,22). The summed E-state index contributed by atoms with van der Waals surface area (Å²) in [6.07, 6.45) is 4.31. The molecular formula is C16H25FN4O. The quantitative estimate of drug-likeness (QED) is 0.930. The molecule has 5 nitrogen and oxygen atoms in total. The fourth-order valence-electron chi connectivity index (χ4n) is 3.13. The number of pyridine rings is 1. The second-order valence-corrected chi connectivity index (χ2v) is 6.29. The molecule has 22 heavy (non-hydrogen) atoms. The highest BCUT2D eigenvalue weighted by Crippen LogP contribution is 2.24. The van der Waals surface area contributed by atoms with Crippen molar-refractivity contribution in [3.05, 3.63) is 24.1 Å². The number of nitrogens with one attached hydrogen (secondary N) is 1. The maximum absolute atomic E-state index is 12.9. The van der Waals surface area contributed by atoms with Crippen molar-refractivity contribution in [2.75, 3.05) is 32.5 Å². The van der Waals surface area contributed by atoms with Crippen LogP contribution in [0.5, 0.6) is 0 Å². The number of amides is 2. The van der Waals surface area contributed by atoms with Gasteiger partial charge in [0.25, 0.3) is 0 Å². The topological polar surface area (TPSA) is 48.5 Å². The van der Waals surface area contributed by atoms with Gasteiger partial charge in [0.15, 0.2) is 0 Å². The minimum atomic E-state index is -0.409. The van der Waals surface area contributed by atoms with E-state index in [-0.39, 0.29) is 12.1 Å². The van der Waals surface area contributed by atoms with Gasteiger partial charge in [0.05, 0.1) is 6.20 Å². The Morgan fingerprint density at radius 2 is 2.27 bits per heavy atom. The van der Waals surface area contributed by atoms with E-state index in [0.29, 0.717) is 11.7 Å². The number of hydrogen-bond acceptors (Lipinski definition) is 3. The zero-order chi connectivity index (χ0) is 16.1. The summed E-state index contributed by atoms with van der Waals surface area (Å²) in [5.74, 6) is 0.381. The van der Waals surface area contributed by atoms with Crippen molar-refractivity contribution in [1.29, 1.82) is 0 Å². The van der Waals surface area contributed by atoms with Crippen LogP contribution in [-0.2, 0) is 0 Å². The molecule has 1 saturated heterocycles. The van der Waals surface area contributed by atoms with Gasteiger partial charge in [0, 0.05) is 19.1 Å². The largest absolute Gasteiger partial charge is 0.323 e. The second-order valence-electron chi connectivity index (χ2n) is 6.29. The number of aromatic nitrogens is 1. The molecule has 2 heterocycles. The Bertz CT molecular complexity index is 491. The monoisotopic (exact) mass is 308 g/mol. The van der Waals surface area contributed by atoms with E-state index in [1.54, 1.807) is 0 Å². The lowest BCUT2D eigenvalue weighted by Gasteiger charge is -2.39. The van der Waals surface area contributed by atoms with Crippen molar-refractivity contribution in [3.8, 4) is 0 Å². The number of urea groups is 1. The molecule has 2 atom stereocenters. The molecule has 2 unspecified atom stereocenters. The molecule has 0 aromatic carbocycles. The summed E-state index contributed by atoms with van der Waals surface area (Å²) in [4.78, 5) is 20.5. The molecule has 2 amide bonds. The van der Waals surface area contributed by atoms with Crippen molar-refractivity contribution in [2.24, 2.45) is 5.92 Å². The van der Waals surface area contributed by atoms with Crippen molar-refractivity contribution in [1.82, 2.24) is 14.8 Å². The zero-order valence-electron chi connectivity index (χ0n) is 13.6. The summed E-state index contributed by atoms with van der Waals surface area (Å²) in [7, 11) is 4.10. The molecule has 2 rings (SSSR count). The molecule has 1 aromatic heterocycles. The van der Waals surface area contributed by atoms with Gasteiger partial charge < -0.3 is 9.80 Å². The fraction of sp³-hybridized carbons (Fsp3) is 0.625. The Kier molecular flexibility index (Phi) is 5.71. The van der Waals surface area contributed by atoms with Gasteiger partial charge in [-0.05, 0) is 51.4 Å². The van der Waals surface area contributed by atoms with Crippen LogP contribution in [0.3, 0.4) is 0 Å². The van der Waals surface area contributed by atoms with Gasteiger partial charge in [-0.2, -0.15) is 0 Å². The molecule has 0 radical (unpaired) electrons. The van der Waals surface area contributed by atoms with E-state index in [4.69, 9.17) is 0 Å². The lowest BCUT2D eigenvalue weighted by atomic mass is 9.91. The number of rotatable bonds is 4. The van der Waals surface area contributed by atoms with E-state index in [1.807, 2.05) is 19.0 Å². The Hall–Kier alpha value is -1.69. The highest BCUT2D eigenvalue weighted by molar-refractivity contribution is 5.88. The van der Waals surface area contributed by atoms with Gasteiger partial charge in [-0.15, -0.1) is 0 Å². The Morgan fingerprint density at radius 3 is 2.91 bits per heavy atom. The first kappa shape index (κ1) is 16.7. The van der Waals surface area contributed by atoms with E-state index in [0.717, 1.165) is 38.5 Å². The summed E-state index contributed by atoms with van der Waals surface area (Å²) in [5.41, 5.74) is 0. The SMILES string of the molecule is CC(CN(C)C)C1CCCCN1C(=O)Nc1ccc(F)cn1. The summed E-state index contributed by atoms with van der Waals surface area (Å²) >= 11 is 0. The number of carbonyl (C=O) groups excluding carboxylic acids is 1. The van der Waals surface area contributed by atoms with E-state index in [1.165, 1.54) is 12.1 Å². The van der Waals surface area contributed by atoms with Crippen molar-refractivity contribution < 1.29 is 9.18 Å². The predicted octanol–water partition coefficient (Wildman–Crippen LogP) is 2.80. The molecule has 0 spiro atoms. The number of halogens is 1. The minimum absolute atomic E-state index is 0.144. The van der Waals surface area contributed by atoms with Gasteiger partial charge in [-0.25, -0.2) is 14.2 Å². The number of anilines is 1. The van der Waals surface area contributed by atoms with Gasteiger partial charge in [0.1, 0.15) is 11.6 Å². The van der Waals surface area contributed by atoms with Crippen molar-refractivity contribution >= 4 is 11.8 Å². The number of carbonyl (C=O) groups is 1. The molecule has 1 aliphatic rings. The Balaban J connectivity index is 2.03. The predicted molar refractivity (Wildman–Crippen MR) is 85.3 cm³/mol. The van der Waals surface area contributed by atoms with Crippen LogP contribution in [0.15, 0.2) is 18.3 Å². The van der Waals surface area contributed by atoms with Gasteiger partial charge in [-0.1, -0.05) is 6.92 Å². The second kappa shape index (κ2) is 7.54. The van der Waals surface area contributed by atoms with Crippen LogP contribution in [0.25, 0.3) is 0 Å². The summed E-state index contributed by atoms with van der Waals surface area (Å²) in [6, 6.07) is 2.87. The van der Waals surface area contributed by atoms with Crippen LogP contribution in [0.4, 0.5) is 15.0 Å². The molecule has 1 fully saturated rings. The van der Waals surface area contributed by atoms with E-state index >= 15 is 0 Å². The molecule has 0 aliphatic carbocycles. The number of hydrogen-bond donors (Lipinski definition) is 1. The summed E-state index contributed by atoms with van der Waals surface area (Å²) in [5, 5.41) is 2.77. The third-order valence-electron chi connectivity index (χ3n) is 4.08. The Morgan fingerprint density at radius 1 is 1.50 bits per heavy atom. The van der Waals surface area contributed by atoms with Crippen molar-refractivity contribution in [2.45, 2.75) is 32.2 Å². The van der Waals surface area contributed by atoms with E-state index in [9.17, 15) is 9.18 Å². The van der Waals surface area contributed by atoms with Crippen molar-refractivity contribution in [3.63, 3.8) is 0 Å². The molecule has 6 heteroatoms. The van der Waals surface area contributed by atoms with Crippen LogP contribution in [0.2, 0.25) is 0 Å². The molecule has 0 saturated carbocycles. The lowest BCUT2D eigenvalue weighted by Crippen LogP contribution is -2.50. The Labute approximate surface area is 131 Å². The summed E-state index contributed by atoms with van der Waals surface area (Å²) in [6.45, 7) is 3.89. The lowest BCUT2D eigenvalue weighted by molar-refractivity contribution is 0.120. The highest BCUT2D eigenvalue weighted by Gasteiger charge is 2.31. The van der Waals surface area contributed by atoms with Crippen LogP contribution in [-0.4, -0.2) is 54.0 Å². The van der Waals surface area contributed by atoms with Gasteiger partial charge >= 0.3 is 6.03 Å². The van der Waals surface area contributed by atoms with Crippen LogP contribution < -0.4 is 5.32 Å². The smallest absolute Gasteiger partial charge is 0.321 e. The van der Waals surface area contributed by atoms with Crippen LogP contribution in [0, 0.1) is 11.7 Å². The maximum Gasteiger partial charge on any atom is 0.323 e. The van der Waals surface area contributed by atoms with E-state index in [2.05, 4.69) is 22.1 Å². The van der Waals surface area contributed by atoms with Crippen LogP contribution >= 0.6 is 0 Å². The first-order valence-electron chi connectivity index (χ1n) is 7.81. The minimum Gasteiger partial charge on any atom is -0.321 e. The average Bonchev–Trinajstić information content (AvgIpc) is 2.49. The summed E-state index contributed by atoms with van der Waals surface area (Å²) < 4.78 is 12.9. The molecule has 122 valence electrons. The molecule has 1 N–H and O–H groups in total. The molecular weight excluding hydrogens is 283 g/mol. The number of nitrogens with zero attached hydrogens (tertiary/aromatic N) is 3. The molecule has 1 aromatic rings. The zero-order valence-corrected chi connectivity index (χ0v) is 13.6. The van der Waals surface area contributed by atoms with Crippen LogP contribution in [0.1, 0.15) is 26.2 Å². The maximum atomic E-state index is 12.9. The fourth-order valence-corrected chi connectivity index (χ4v) is 3.13. The first-order valence-corrected chi connectivity index (χ1v) is 7.81. The molecule has 1 aliphatic heterocycles. The first-order chi connectivity index (χ1) is 10.5. The third kappa shape index (κ3) is 4.40. The van der Waals surface area contributed by atoms with Gasteiger partial charge in [-0.3, -0.25) is 5.32 Å². The van der Waals surface area contributed by atoms with Gasteiger partial charge in [0.2, 0.25) is 0 Å². The van der Waals surface area contributed by atoms with E-state index < -0.39 is 5.82 Å². The third-order valence-corrected chi connectivity index (χ3v) is 4.08. The normalized spacial score (nSPS) is 20.0. The highest BCUT2D eigenvalue weighted by atomic mass is 19.1. The average molecular weight is 308 g/mol. The number of likely N-dealkylation sites (tertiary alicyclic amines) is 1.